The van der Waals surface area contributed by atoms with Gasteiger partial charge >= 0.3 is 0 Å². The van der Waals surface area contributed by atoms with Crippen molar-refractivity contribution in [3.05, 3.63) is 108 Å². The largest absolute Gasteiger partial charge is 0.508 e. The van der Waals surface area contributed by atoms with Crippen molar-refractivity contribution >= 4 is 34.1 Å². The monoisotopic (exact) mass is 611 g/mol. The van der Waals surface area contributed by atoms with Crippen molar-refractivity contribution in [1.29, 1.82) is 0 Å². The van der Waals surface area contributed by atoms with Gasteiger partial charge in [0.2, 0.25) is 11.8 Å². The first-order valence-electron chi connectivity index (χ1n) is 14.0. The van der Waals surface area contributed by atoms with Crippen LogP contribution in [-0.2, 0) is 16.2 Å². The molecule has 2 amide bonds. The Morgan fingerprint density at radius 2 is 1.51 bits per heavy atom. The third-order valence-corrected chi connectivity index (χ3v) is 7.45. The maximum atomic E-state index is 15.2. The normalized spacial score (nSPS) is 13.1. The van der Waals surface area contributed by atoms with Gasteiger partial charge in [0.05, 0.1) is 12.6 Å². The summed E-state index contributed by atoms with van der Waals surface area (Å²) in [6.45, 7) is 0.229. The highest BCUT2D eigenvalue weighted by molar-refractivity contribution is 6.16. The average molecular weight is 612 g/mol. The van der Waals surface area contributed by atoms with Crippen LogP contribution in [0.1, 0.15) is 18.4 Å². The first-order valence-corrected chi connectivity index (χ1v) is 14.0. The molecule has 4 aromatic carbocycles. The van der Waals surface area contributed by atoms with E-state index in [1.165, 1.54) is 49.7 Å². The number of hydrogen-bond acceptors (Lipinski definition) is 7. The number of fused-ring (bicyclic) bond motifs is 1. The standard InChI is InChI=1S/C34H27F2N3O6/c1-43-30-17-25-27(18-31(30)44-19-20-2-9-24(40)10-3-20)37-15-12-28(25)45-29-11-8-23(16-26(29)36)39-33(42)34(13-14-34)32(41)38-22-6-4-21(35)5-7-22/h2-12,15-18,40H,13-14,19H2,1H3,(H,38,41)(H,39,42). The van der Waals surface area contributed by atoms with Gasteiger partial charge in [-0.05, 0) is 79.1 Å². The van der Waals surface area contributed by atoms with Crippen LogP contribution in [0.4, 0.5) is 20.2 Å². The van der Waals surface area contributed by atoms with E-state index in [4.69, 9.17) is 14.2 Å². The van der Waals surface area contributed by atoms with Crippen LogP contribution < -0.4 is 24.8 Å². The Labute approximate surface area is 256 Å². The van der Waals surface area contributed by atoms with Gasteiger partial charge in [-0.25, -0.2) is 8.78 Å². The van der Waals surface area contributed by atoms with Crippen molar-refractivity contribution in [3.63, 3.8) is 0 Å². The Morgan fingerprint density at radius 1 is 0.822 bits per heavy atom. The number of pyridine rings is 1. The quantitative estimate of drug-likeness (QED) is 0.146. The molecular formula is C34H27F2N3O6. The molecule has 9 nitrogen and oxygen atoms in total. The average Bonchev–Trinajstić information content (AvgIpc) is 3.85. The second-order valence-electron chi connectivity index (χ2n) is 10.5. The van der Waals surface area contributed by atoms with Crippen LogP contribution in [0, 0.1) is 17.0 Å². The molecule has 1 fully saturated rings. The van der Waals surface area contributed by atoms with Gasteiger partial charge in [0.25, 0.3) is 0 Å². The van der Waals surface area contributed by atoms with Gasteiger partial charge in [-0.15, -0.1) is 0 Å². The lowest BCUT2D eigenvalue weighted by atomic mass is 10.0. The minimum absolute atomic E-state index is 0.0951. The van der Waals surface area contributed by atoms with E-state index in [0.717, 1.165) is 11.6 Å². The van der Waals surface area contributed by atoms with E-state index in [-0.39, 0.29) is 23.8 Å². The highest BCUT2D eigenvalue weighted by Gasteiger charge is 2.56. The van der Waals surface area contributed by atoms with Crippen molar-refractivity contribution in [2.45, 2.75) is 19.4 Å². The van der Waals surface area contributed by atoms with Gasteiger partial charge in [-0.3, -0.25) is 14.6 Å². The predicted octanol–water partition coefficient (Wildman–Crippen LogP) is 6.96. The molecule has 0 unspecified atom stereocenters. The number of benzene rings is 4. The molecule has 45 heavy (non-hydrogen) atoms. The van der Waals surface area contributed by atoms with Crippen LogP contribution >= 0.6 is 0 Å². The number of nitrogens with one attached hydrogen (secondary N) is 2. The molecular weight excluding hydrogens is 584 g/mol. The molecule has 0 spiro atoms. The molecule has 0 bridgehead atoms. The molecule has 1 heterocycles. The fourth-order valence-corrected chi connectivity index (χ4v) is 4.74. The Balaban J connectivity index is 1.15. The van der Waals surface area contributed by atoms with E-state index >= 15 is 4.39 Å². The van der Waals surface area contributed by atoms with Crippen LogP contribution in [-0.4, -0.2) is 29.0 Å². The van der Waals surface area contributed by atoms with Crippen LogP contribution in [0.15, 0.2) is 91.1 Å². The molecule has 0 aliphatic heterocycles. The summed E-state index contributed by atoms with van der Waals surface area (Å²) in [7, 11) is 1.50. The summed E-state index contributed by atoms with van der Waals surface area (Å²) in [5.74, 6) is -1.03. The minimum atomic E-state index is -1.29. The third-order valence-electron chi connectivity index (χ3n) is 7.45. The molecule has 11 heteroatoms. The number of hydrogen-bond donors (Lipinski definition) is 3. The second kappa shape index (κ2) is 12.1. The number of phenols is 1. The number of nitrogens with zero attached hydrogens (tertiary/aromatic N) is 1. The molecule has 228 valence electrons. The Kier molecular flexibility index (Phi) is 7.91. The van der Waals surface area contributed by atoms with Gasteiger partial charge in [-0.1, -0.05) is 12.1 Å². The van der Waals surface area contributed by atoms with Gasteiger partial charge in [-0.2, -0.15) is 0 Å². The minimum Gasteiger partial charge on any atom is -0.508 e. The first kappa shape index (κ1) is 29.4. The first-order chi connectivity index (χ1) is 21.7. The van der Waals surface area contributed by atoms with Crippen molar-refractivity contribution in [2.75, 3.05) is 17.7 Å². The number of carbonyl (C=O) groups is 2. The number of anilines is 2. The molecule has 5 aromatic rings. The van der Waals surface area contributed by atoms with Gasteiger partial charge in [0.1, 0.15) is 29.3 Å². The molecule has 0 saturated heterocycles. The molecule has 1 saturated carbocycles. The zero-order chi connectivity index (χ0) is 31.6. The number of carbonyl (C=O) groups excluding carboxylic acids is 2. The van der Waals surface area contributed by atoms with E-state index in [2.05, 4.69) is 15.6 Å². The maximum Gasteiger partial charge on any atom is 0.240 e. The van der Waals surface area contributed by atoms with Crippen molar-refractivity contribution in [3.8, 4) is 28.7 Å². The van der Waals surface area contributed by atoms with Crippen molar-refractivity contribution in [2.24, 2.45) is 5.41 Å². The highest BCUT2D eigenvalue weighted by Crippen LogP contribution is 2.47. The lowest BCUT2D eigenvalue weighted by Crippen LogP contribution is -2.35. The number of aromatic hydroxyl groups is 1. The van der Waals surface area contributed by atoms with Gasteiger partial charge < -0.3 is 30.0 Å². The predicted molar refractivity (Wildman–Crippen MR) is 163 cm³/mol. The van der Waals surface area contributed by atoms with E-state index in [1.54, 1.807) is 42.5 Å². The van der Waals surface area contributed by atoms with E-state index in [9.17, 15) is 19.1 Å². The Bertz CT molecular complexity index is 1890. The molecule has 0 radical (unpaired) electrons. The zero-order valence-corrected chi connectivity index (χ0v) is 24.0. The summed E-state index contributed by atoms with van der Waals surface area (Å²) < 4.78 is 45.8. The van der Waals surface area contributed by atoms with Crippen LogP contribution in [0.5, 0.6) is 28.7 Å². The lowest BCUT2D eigenvalue weighted by Gasteiger charge is -2.16. The van der Waals surface area contributed by atoms with Crippen molar-refractivity contribution < 1.29 is 37.7 Å². The second-order valence-corrected chi connectivity index (χ2v) is 10.5. The van der Waals surface area contributed by atoms with Crippen molar-refractivity contribution in [1.82, 2.24) is 4.98 Å². The van der Waals surface area contributed by atoms with Crippen LogP contribution in [0.2, 0.25) is 0 Å². The summed E-state index contributed by atoms with van der Waals surface area (Å²) in [4.78, 5) is 30.2. The topological polar surface area (TPSA) is 119 Å². The Morgan fingerprint density at radius 3 is 2.18 bits per heavy atom. The molecule has 3 N–H and O–H groups in total. The number of aromatic nitrogens is 1. The number of rotatable bonds is 10. The summed E-state index contributed by atoms with van der Waals surface area (Å²) in [6, 6.07) is 20.8. The number of amides is 2. The smallest absolute Gasteiger partial charge is 0.240 e. The number of methoxy groups -OCH3 is 1. The van der Waals surface area contributed by atoms with Crippen LogP contribution in [0.25, 0.3) is 10.9 Å². The van der Waals surface area contributed by atoms with E-state index in [0.29, 0.717) is 46.7 Å². The maximum absolute atomic E-state index is 15.2. The number of ether oxygens (including phenoxy) is 3. The van der Waals surface area contributed by atoms with E-state index in [1.807, 2.05) is 0 Å². The van der Waals surface area contributed by atoms with E-state index < -0.39 is 28.9 Å². The zero-order valence-electron chi connectivity index (χ0n) is 24.0. The fourth-order valence-electron chi connectivity index (χ4n) is 4.74. The summed E-state index contributed by atoms with van der Waals surface area (Å²) in [5, 5.41) is 15.3. The lowest BCUT2D eigenvalue weighted by molar-refractivity contribution is -0.131. The van der Waals surface area contributed by atoms with Gasteiger partial charge in [0, 0.05) is 35.1 Å². The molecule has 1 aliphatic carbocycles. The molecule has 1 aliphatic rings. The third kappa shape index (κ3) is 6.32. The molecule has 1 aromatic heterocycles. The SMILES string of the molecule is COc1cc2c(Oc3ccc(NC(=O)C4(C(=O)Nc5ccc(F)cc5)CC4)cc3F)ccnc2cc1OCc1ccc(O)cc1. The Hall–Kier alpha value is -5.71. The number of halogens is 2. The summed E-state index contributed by atoms with van der Waals surface area (Å²) in [6.07, 6.45) is 2.18. The number of phenolic OH excluding ortho intramolecular Hbond substituents is 1. The van der Waals surface area contributed by atoms with Gasteiger partial charge in [0.15, 0.2) is 23.1 Å². The summed E-state index contributed by atoms with van der Waals surface area (Å²) >= 11 is 0. The summed E-state index contributed by atoms with van der Waals surface area (Å²) in [5.41, 5.74) is 0.596. The highest BCUT2D eigenvalue weighted by atomic mass is 19.1. The molecule has 0 atom stereocenters. The van der Waals surface area contributed by atoms with Crippen LogP contribution in [0.3, 0.4) is 0 Å². The fraction of sp³-hybridized carbons (Fsp3) is 0.147. The molecule has 6 rings (SSSR count).